The molecule has 140 valence electrons. The normalized spacial score (nSPS) is 19.9. The zero-order valence-electron chi connectivity index (χ0n) is 14.8. The molecule has 1 aromatic heterocycles. The topological polar surface area (TPSA) is 92.8 Å². The Bertz CT molecular complexity index is 1150. The highest BCUT2D eigenvalue weighted by Crippen LogP contribution is 2.47. The first-order chi connectivity index (χ1) is 13.7. The predicted molar refractivity (Wildman–Crippen MR) is 104 cm³/mol. The predicted octanol–water partition coefficient (Wildman–Crippen LogP) is 2.51. The molecule has 2 unspecified atom stereocenters. The lowest BCUT2D eigenvalue weighted by Gasteiger charge is -2.02. The maximum Gasteiger partial charge on any atom is 0.257 e. The van der Waals surface area contributed by atoms with Gasteiger partial charge in [-0.3, -0.25) is 9.59 Å². The number of benzene rings is 2. The van der Waals surface area contributed by atoms with Gasteiger partial charge in [0.25, 0.3) is 5.56 Å². The molecule has 3 aromatic rings. The summed E-state index contributed by atoms with van der Waals surface area (Å²) < 4.78 is 10.7. The minimum atomic E-state index is -0.294. The monoisotopic (exact) mass is 375 g/mol. The van der Waals surface area contributed by atoms with E-state index in [1.807, 2.05) is 30.3 Å². The summed E-state index contributed by atoms with van der Waals surface area (Å²) in [6.07, 6.45) is 2.18. The third kappa shape index (κ3) is 3.00. The van der Waals surface area contributed by atoms with Gasteiger partial charge in [-0.15, -0.1) is 0 Å². The van der Waals surface area contributed by atoms with Crippen LogP contribution in [0.25, 0.3) is 10.9 Å². The van der Waals surface area contributed by atoms with Crippen molar-refractivity contribution in [3.05, 3.63) is 70.0 Å². The molecule has 1 aliphatic heterocycles. The first-order valence-corrected chi connectivity index (χ1v) is 9.03. The maximum atomic E-state index is 12.3. The van der Waals surface area contributed by atoms with Crippen molar-refractivity contribution >= 4 is 23.0 Å². The quantitative estimate of drug-likeness (QED) is 0.541. The summed E-state index contributed by atoms with van der Waals surface area (Å²) >= 11 is 0. The van der Waals surface area contributed by atoms with E-state index in [1.165, 1.54) is 6.21 Å². The van der Waals surface area contributed by atoms with Crippen LogP contribution in [0.4, 0.5) is 0 Å². The summed E-state index contributed by atoms with van der Waals surface area (Å²) in [5, 5.41) is 4.76. The van der Waals surface area contributed by atoms with Gasteiger partial charge in [-0.05, 0) is 30.0 Å². The number of fused-ring (bicyclic) bond motifs is 2. The standard InChI is InChI=1S/C21H17N3O4/c25-20-14(6-13-7-18-19(28-11-27-18)9-17(13)23-20)10-22-24-21(26)16-8-15(16)12-4-2-1-3-5-12/h1-7,9-10,15-16H,8,11H2,(H,23,25)(H,24,26)/b22-10+. The molecule has 0 bridgehead atoms. The molecule has 28 heavy (non-hydrogen) atoms. The van der Waals surface area contributed by atoms with E-state index in [0.29, 0.717) is 22.6 Å². The molecular weight excluding hydrogens is 358 g/mol. The third-order valence-corrected chi connectivity index (χ3v) is 5.10. The number of aromatic amines is 1. The minimum Gasteiger partial charge on any atom is -0.454 e. The third-order valence-electron chi connectivity index (χ3n) is 5.10. The Morgan fingerprint density at radius 3 is 2.75 bits per heavy atom. The van der Waals surface area contributed by atoms with Gasteiger partial charge < -0.3 is 14.5 Å². The molecule has 1 fully saturated rings. The molecule has 1 amide bonds. The van der Waals surface area contributed by atoms with Crippen LogP contribution in [0.2, 0.25) is 0 Å². The van der Waals surface area contributed by atoms with E-state index in [1.54, 1.807) is 18.2 Å². The molecule has 0 spiro atoms. The highest BCUT2D eigenvalue weighted by molar-refractivity contribution is 5.90. The Hall–Kier alpha value is -3.61. The first-order valence-electron chi connectivity index (χ1n) is 9.03. The summed E-state index contributed by atoms with van der Waals surface area (Å²) in [6, 6.07) is 15.2. The second-order valence-electron chi connectivity index (χ2n) is 6.94. The van der Waals surface area contributed by atoms with Crippen molar-refractivity contribution in [2.75, 3.05) is 6.79 Å². The Labute approximate surface area is 160 Å². The number of ether oxygens (including phenoxy) is 2. The number of pyridine rings is 1. The fourth-order valence-corrected chi connectivity index (χ4v) is 3.51. The number of H-pyrrole nitrogens is 1. The fraction of sp³-hybridized carbons (Fsp3) is 0.190. The summed E-state index contributed by atoms with van der Waals surface area (Å²) in [5.74, 6) is 1.27. The average Bonchev–Trinajstić information content (AvgIpc) is 3.39. The van der Waals surface area contributed by atoms with Gasteiger partial charge >= 0.3 is 0 Å². The molecule has 7 nitrogen and oxygen atoms in total. The minimum absolute atomic E-state index is 0.0748. The molecule has 2 aromatic carbocycles. The molecule has 2 N–H and O–H groups in total. The number of hydrazone groups is 1. The number of nitrogens with one attached hydrogen (secondary N) is 2. The van der Waals surface area contributed by atoms with Gasteiger partial charge in [0.15, 0.2) is 11.5 Å². The Morgan fingerprint density at radius 2 is 1.93 bits per heavy atom. The summed E-state index contributed by atoms with van der Waals surface area (Å²) in [4.78, 5) is 27.3. The SMILES string of the molecule is O=C(N/N=C/c1cc2cc3c(cc2[nH]c1=O)OCO3)C1CC1c1ccccc1. The van der Waals surface area contributed by atoms with Crippen molar-refractivity contribution < 1.29 is 14.3 Å². The molecule has 5 rings (SSSR count). The van der Waals surface area contributed by atoms with Crippen LogP contribution in [0.3, 0.4) is 0 Å². The van der Waals surface area contributed by atoms with E-state index >= 15 is 0 Å². The zero-order chi connectivity index (χ0) is 19.1. The van der Waals surface area contributed by atoms with Gasteiger partial charge in [0.1, 0.15) is 0 Å². The van der Waals surface area contributed by atoms with Crippen molar-refractivity contribution in [1.82, 2.24) is 10.4 Å². The smallest absolute Gasteiger partial charge is 0.257 e. The zero-order valence-corrected chi connectivity index (χ0v) is 14.8. The molecule has 2 atom stereocenters. The lowest BCUT2D eigenvalue weighted by molar-refractivity contribution is -0.122. The van der Waals surface area contributed by atoms with Crippen molar-refractivity contribution in [2.24, 2.45) is 11.0 Å². The highest BCUT2D eigenvalue weighted by atomic mass is 16.7. The van der Waals surface area contributed by atoms with E-state index in [0.717, 1.165) is 17.4 Å². The second kappa shape index (κ2) is 6.53. The largest absolute Gasteiger partial charge is 0.454 e. The summed E-state index contributed by atoms with van der Waals surface area (Å²) in [5.41, 5.74) is 4.41. The first kappa shape index (κ1) is 16.6. The van der Waals surface area contributed by atoms with Crippen LogP contribution >= 0.6 is 0 Å². The maximum absolute atomic E-state index is 12.3. The van der Waals surface area contributed by atoms with Crippen LogP contribution in [-0.2, 0) is 4.79 Å². The molecule has 7 heteroatoms. The van der Waals surface area contributed by atoms with E-state index in [2.05, 4.69) is 15.5 Å². The van der Waals surface area contributed by atoms with Gasteiger partial charge in [0.2, 0.25) is 12.7 Å². The van der Waals surface area contributed by atoms with Crippen LogP contribution in [0.1, 0.15) is 23.5 Å². The van der Waals surface area contributed by atoms with E-state index in [9.17, 15) is 9.59 Å². The molecule has 2 aliphatic rings. The lowest BCUT2D eigenvalue weighted by atomic mass is 10.1. The molecule has 1 saturated carbocycles. The van der Waals surface area contributed by atoms with Gasteiger partial charge in [-0.2, -0.15) is 5.10 Å². The van der Waals surface area contributed by atoms with E-state index in [4.69, 9.17) is 9.47 Å². The van der Waals surface area contributed by atoms with Crippen molar-refractivity contribution in [3.8, 4) is 11.5 Å². The fourth-order valence-electron chi connectivity index (χ4n) is 3.51. The summed E-state index contributed by atoms with van der Waals surface area (Å²) in [7, 11) is 0. The number of carbonyl (C=O) groups is 1. The average molecular weight is 375 g/mol. The second-order valence-corrected chi connectivity index (χ2v) is 6.94. The van der Waals surface area contributed by atoms with Crippen molar-refractivity contribution in [2.45, 2.75) is 12.3 Å². The van der Waals surface area contributed by atoms with Gasteiger partial charge in [0, 0.05) is 17.4 Å². The molecular formula is C21H17N3O4. The van der Waals surface area contributed by atoms with Crippen LogP contribution in [0, 0.1) is 5.92 Å². The van der Waals surface area contributed by atoms with Gasteiger partial charge in [-0.25, -0.2) is 5.43 Å². The Balaban J connectivity index is 1.29. The Kier molecular flexibility index (Phi) is 3.86. The molecule has 1 aliphatic carbocycles. The molecule has 0 saturated heterocycles. The number of aromatic nitrogens is 1. The number of hydrogen-bond acceptors (Lipinski definition) is 5. The number of hydrogen-bond donors (Lipinski definition) is 2. The number of carbonyl (C=O) groups excluding carboxylic acids is 1. The van der Waals surface area contributed by atoms with Crippen LogP contribution in [-0.4, -0.2) is 23.9 Å². The highest BCUT2D eigenvalue weighted by Gasteiger charge is 2.43. The summed E-state index contributed by atoms with van der Waals surface area (Å²) in [6.45, 7) is 0.168. The van der Waals surface area contributed by atoms with E-state index in [-0.39, 0.29) is 30.1 Å². The van der Waals surface area contributed by atoms with Crippen LogP contribution in [0.5, 0.6) is 11.5 Å². The number of nitrogens with zero attached hydrogens (tertiary/aromatic N) is 1. The molecule has 2 heterocycles. The number of rotatable bonds is 4. The van der Waals surface area contributed by atoms with Crippen LogP contribution < -0.4 is 20.5 Å². The van der Waals surface area contributed by atoms with E-state index < -0.39 is 0 Å². The lowest BCUT2D eigenvalue weighted by Crippen LogP contribution is -2.21. The Morgan fingerprint density at radius 1 is 1.14 bits per heavy atom. The number of amides is 1. The van der Waals surface area contributed by atoms with Crippen LogP contribution in [0.15, 0.2) is 58.4 Å². The van der Waals surface area contributed by atoms with Gasteiger partial charge in [-0.1, -0.05) is 30.3 Å². The van der Waals surface area contributed by atoms with Gasteiger partial charge in [0.05, 0.1) is 17.3 Å². The van der Waals surface area contributed by atoms with Crippen molar-refractivity contribution in [1.29, 1.82) is 0 Å². The van der Waals surface area contributed by atoms with Crippen molar-refractivity contribution in [3.63, 3.8) is 0 Å². The molecule has 0 radical (unpaired) electrons.